The quantitative estimate of drug-likeness (QED) is 0.590. The second-order valence-electron chi connectivity index (χ2n) is 5.83. The minimum Gasteiger partial charge on any atom is -0.388 e. The molecule has 3 aromatic heterocycles. The van der Waals surface area contributed by atoms with Crippen molar-refractivity contribution in [2.24, 2.45) is 0 Å². The van der Waals surface area contributed by atoms with E-state index < -0.39 is 0 Å². The Hall–Kier alpha value is -3.26. The van der Waals surface area contributed by atoms with Crippen molar-refractivity contribution in [3.05, 3.63) is 48.8 Å². The van der Waals surface area contributed by atoms with Crippen LogP contribution in [0, 0.1) is 0 Å². The zero-order valence-corrected chi connectivity index (χ0v) is 13.9. The number of H-pyrrole nitrogens is 1. The van der Waals surface area contributed by atoms with E-state index in [4.69, 9.17) is 0 Å². The monoisotopic (exact) mass is 335 g/mol. The lowest BCUT2D eigenvalue weighted by atomic mass is 10.2. The van der Waals surface area contributed by atoms with Gasteiger partial charge in [0.25, 0.3) is 0 Å². The molecule has 0 spiro atoms. The number of aromatic amines is 1. The first-order chi connectivity index (χ1) is 12.2. The second-order valence-corrected chi connectivity index (χ2v) is 5.83. The number of rotatable bonds is 4. The van der Waals surface area contributed by atoms with Crippen LogP contribution in [0.1, 0.15) is 5.82 Å². The fraction of sp³-hybridized carbons (Fsp3) is 0.176. The fourth-order valence-corrected chi connectivity index (χ4v) is 2.67. The van der Waals surface area contributed by atoms with Crippen LogP contribution in [-0.2, 0) is 6.61 Å². The lowest BCUT2D eigenvalue weighted by Gasteiger charge is -2.11. The Morgan fingerprint density at radius 1 is 1.16 bits per heavy atom. The third-order valence-corrected chi connectivity index (χ3v) is 3.88. The Bertz CT molecular complexity index is 1020. The summed E-state index contributed by atoms with van der Waals surface area (Å²) < 4.78 is 1.97. The highest BCUT2D eigenvalue weighted by atomic mass is 16.3. The van der Waals surface area contributed by atoms with Crippen LogP contribution in [0.2, 0.25) is 0 Å². The number of aromatic nitrogens is 6. The molecule has 0 bridgehead atoms. The highest BCUT2D eigenvalue weighted by Gasteiger charge is 2.11. The van der Waals surface area contributed by atoms with Gasteiger partial charge < -0.3 is 15.0 Å². The first-order valence-electron chi connectivity index (χ1n) is 7.78. The number of hydrogen-bond acceptors (Lipinski definition) is 6. The summed E-state index contributed by atoms with van der Waals surface area (Å²) >= 11 is 0. The van der Waals surface area contributed by atoms with Gasteiger partial charge in [-0.15, -0.1) is 0 Å². The van der Waals surface area contributed by atoms with Gasteiger partial charge in [-0.1, -0.05) is 0 Å². The van der Waals surface area contributed by atoms with E-state index in [1.54, 1.807) is 18.6 Å². The Kier molecular flexibility index (Phi) is 3.66. The molecule has 0 amide bonds. The third kappa shape index (κ3) is 2.72. The zero-order chi connectivity index (χ0) is 17.4. The number of anilines is 1. The van der Waals surface area contributed by atoms with Gasteiger partial charge in [0.15, 0.2) is 0 Å². The molecule has 0 saturated carbocycles. The Morgan fingerprint density at radius 3 is 2.68 bits per heavy atom. The summed E-state index contributed by atoms with van der Waals surface area (Å²) in [6, 6.07) is 5.85. The van der Waals surface area contributed by atoms with Crippen LogP contribution in [0.15, 0.2) is 43.0 Å². The maximum atomic E-state index is 9.22. The average molecular weight is 335 g/mol. The molecule has 126 valence electrons. The van der Waals surface area contributed by atoms with Gasteiger partial charge in [-0.2, -0.15) is 0 Å². The Morgan fingerprint density at radius 2 is 1.96 bits per heavy atom. The van der Waals surface area contributed by atoms with Crippen LogP contribution in [0.25, 0.3) is 28.1 Å². The molecule has 25 heavy (non-hydrogen) atoms. The molecule has 0 fully saturated rings. The minimum absolute atomic E-state index is 0.115. The maximum absolute atomic E-state index is 9.22. The summed E-state index contributed by atoms with van der Waals surface area (Å²) in [6.45, 7) is -0.115. The van der Waals surface area contributed by atoms with E-state index in [2.05, 4.69) is 24.9 Å². The van der Waals surface area contributed by atoms with Crippen molar-refractivity contribution in [3.63, 3.8) is 0 Å². The first kappa shape index (κ1) is 15.3. The predicted octanol–water partition coefficient (Wildman–Crippen LogP) is 1.76. The van der Waals surface area contributed by atoms with Crippen LogP contribution in [-0.4, -0.2) is 48.7 Å². The molecule has 3 heterocycles. The van der Waals surface area contributed by atoms with Gasteiger partial charge >= 0.3 is 0 Å². The molecule has 0 aliphatic rings. The van der Waals surface area contributed by atoms with Crippen molar-refractivity contribution < 1.29 is 5.11 Å². The standard InChI is InChI=1S/C17H17N7O/c1-23(2)17-19-8-11(9-20-17)16-18-5-6-24(16)12-3-4-13-14(7-12)22-15(10-25)21-13/h3-9,25H,10H2,1-2H3,(H,21,22). The van der Waals surface area contributed by atoms with Crippen molar-refractivity contribution in [1.82, 2.24) is 29.5 Å². The van der Waals surface area contributed by atoms with E-state index in [-0.39, 0.29) is 6.61 Å². The Labute approximate surface area is 143 Å². The summed E-state index contributed by atoms with van der Waals surface area (Å²) in [6.07, 6.45) is 7.16. The van der Waals surface area contributed by atoms with Crippen LogP contribution < -0.4 is 4.90 Å². The number of fused-ring (bicyclic) bond motifs is 1. The second kappa shape index (κ2) is 5.99. The maximum Gasteiger partial charge on any atom is 0.224 e. The van der Waals surface area contributed by atoms with E-state index in [1.165, 1.54) is 0 Å². The van der Waals surface area contributed by atoms with Gasteiger partial charge in [-0.05, 0) is 18.2 Å². The summed E-state index contributed by atoms with van der Waals surface area (Å²) in [4.78, 5) is 22.4. The molecule has 0 unspecified atom stereocenters. The molecule has 0 aliphatic heterocycles. The van der Waals surface area contributed by atoms with E-state index in [9.17, 15) is 5.11 Å². The highest BCUT2D eigenvalue weighted by molar-refractivity contribution is 5.78. The number of aliphatic hydroxyl groups is 1. The van der Waals surface area contributed by atoms with E-state index >= 15 is 0 Å². The van der Waals surface area contributed by atoms with E-state index in [0.29, 0.717) is 11.8 Å². The molecule has 0 aliphatic carbocycles. The predicted molar refractivity (Wildman–Crippen MR) is 94.5 cm³/mol. The largest absolute Gasteiger partial charge is 0.388 e. The number of benzene rings is 1. The summed E-state index contributed by atoms with van der Waals surface area (Å²) in [5.74, 6) is 1.95. The Balaban J connectivity index is 1.76. The molecule has 2 N–H and O–H groups in total. The molecule has 0 atom stereocenters. The van der Waals surface area contributed by atoms with Crippen LogP contribution in [0.5, 0.6) is 0 Å². The van der Waals surface area contributed by atoms with E-state index in [0.717, 1.165) is 28.1 Å². The molecule has 0 radical (unpaired) electrons. The van der Waals surface area contributed by atoms with Crippen molar-refractivity contribution in [3.8, 4) is 17.1 Å². The molecular formula is C17H17N7O. The summed E-state index contributed by atoms with van der Waals surface area (Å²) in [7, 11) is 3.80. The fourth-order valence-electron chi connectivity index (χ4n) is 2.67. The van der Waals surface area contributed by atoms with Crippen molar-refractivity contribution in [1.29, 1.82) is 0 Å². The van der Waals surface area contributed by atoms with Gasteiger partial charge in [-0.25, -0.2) is 19.9 Å². The number of hydrogen-bond donors (Lipinski definition) is 2. The lowest BCUT2D eigenvalue weighted by molar-refractivity contribution is 0.273. The normalized spacial score (nSPS) is 11.2. The van der Waals surface area contributed by atoms with Crippen molar-refractivity contribution >= 4 is 17.0 Å². The first-order valence-corrected chi connectivity index (χ1v) is 7.78. The number of aliphatic hydroxyl groups excluding tert-OH is 1. The molecular weight excluding hydrogens is 318 g/mol. The van der Waals surface area contributed by atoms with Crippen molar-refractivity contribution in [2.45, 2.75) is 6.61 Å². The van der Waals surface area contributed by atoms with Gasteiger partial charge in [0.2, 0.25) is 5.95 Å². The third-order valence-electron chi connectivity index (χ3n) is 3.88. The zero-order valence-electron chi connectivity index (χ0n) is 13.9. The van der Waals surface area contributed by atoms with Gasteiger partial charge in [0.1, 0.15) is 18.3 Å². The average Bonchev–Trinajstić information content (AvgIpc) is 3.27. The molecule has 8 nitrogen and oxygen atoms in total. The van der Waals surface area contributed by atoms with Gasteiger partial charge in [0, 0.05) is 44.6 Å². The van der Waals surface area contributed by atoms with Gasteiger partial charge in [0.05, 0.1) is 16.6 Å². The van der Waals surface area contributed by atoms with Crippen LogP contribution in [0.4, 0.5) is 5.95 Å². The smallest absolute Gasteiger partial charge is 0.224 e. The van der Waals surface area contributed by atoms with Crippen molar-refractivity contribution in [2.75, 3.05) is 19.0 Å². The number of nitrogens with zero attached hydrogens (tertiary/aromatic N) is 6. The molecule has 8 heteroatoms. The summed E-state index contributed by atoms with van der Waals surface area (Å²) in [5, 5.41) is 9.22. The number of nitrogens with one attached hydrogen (secondary N) is 1. The highest BCUT2D eigenvalue weighted by Crippen LogP contribution is 2.23. The lowest BCUT2D eigenvalue weighted by Crippen LogP contribution is -2.12. The van der Waals surface area contributed by atoms with Crippen LogP contribution >= 0.6 is 0 Å². The minimum atomic E-state index is -0.115. The molecule has 4 rings (SSSR count). The summed E-state index contributed by atoms with van der Waals surface area (Å²) in [5.41, 5.74) is 3.44. The molecule has 4 aromatic rings. The topological polar surface area (TPSA) is 95.8 Å². The number of imidazole rings is 2. The van der Waals surface area contributed by atoms with E-state index in [1.807, 2.05) is 48.0 Å². The molecule has 1 aromatic carbocycles. The SMILES string of the molecule is CN(C)c1ncc(-c2nccn2-c2ccc3nc(CO)[nH]c3c2)cn1. The van der Waals surface area contributed by atoms with Gasteiger partial charge in [-0.3, -0.25) is 4.57 Å². The van der Waals surface area contributed by atoms with Crippen LogP contribution in [0.3, 0.4) is 0 Å². The molecule has 0 saturated heterocycles.